The lowest BCUT2D eigenvalue weighted by molar-refractivity contribution is -0.122. The molecule has 0 radical (unpaired) electrons. The fraction of sp³-hybridized carbons (Fsp3) is 0.471. The predicted molar refractivity (Wildman–Crippen MR) is 88.5 cm³/mol. The Balaban J connectivity index is 1.58. The van der Waals surface area contributed by atoms with Crippen LogP contribution in [0, 0.1) is 12.8 Å². The number of nitrogens with zero attached hydrogens (tertiary/aromatic N) is 2. The molecule has 2 aromatic rings. The van der Waals surface area contributed by atoms with Crippen LogP contribution in [0.1, 0.15) is 42.7 Å². The van der Waals surface area contributed by atoms with Crippen molar-refractivity contribution in [1.82, 2.24) is 15.3 Å². The van der Waals surface area contributed by atoms with Crippen LogP contribution >= 0.6 is 11.3 Å². The minimum atomic E-state index is 0.169. The zero-order chi connectivity index (χ0) is 15.4. The van der Waals surface area contributed by atoms with Gasteiger partial charge in [0.05, 0.1) is 12.2 Å². The number of pyridine rings is 1. The Labute approximate surface area is 135 Å². The lowest BCUT2D eigenvalue weighted by atomic mass is 10.0. The molecule has 1 aliphatic rings. The number of thiazole rings is 1. The fourth-order valence-electron chi connectivity index (χ4n) is 2.93. The van der Waals surface area contributed by atoms with Gasteiger partial charge in [-0.2, -0.15) is 0 Å². The second-order valence-corrected chi connectivity index (χ2v) is 6.98. The molecule has 0 aromatic carbocycles. The normalized spacial score (nSPS) is 15.1. The summed E-state index contributed by atoms with van der Waals surface area (Å²) >= 11 is 1.63. The smallest absolute Gasteiger partial charge is 0.220 e. The Morgan fingerprint density at radius 2 is 2.23 bits per heavy atom. The standard InChI is InChI=1S/C17H21N3OS/c1-12-15(11-19-16(21)9-13-5-2-3-6-13)22-17(20-12)14-7-4-8-18-10-14/h4,7-8,10,13H,2-3,5-6,9,11H2,1H3,(H,19,21). The molecule has 22 heavy (non-hydrogen) atoms. The van der Waals surface area contributed by atoms with Gasteiger partial charge in [-0.05, 0) is 37.8 Å². The number of hydrogen-bond donors (Lipinski definition) is 1. The van der Waals surface area contributed by atoms with Crippen molar-refractivity contribution in [2.75, 3.05) is 0 Å². The number of aryl methyl sites for hydroxylation is 1. The summed E-state index contributed by atoms with van der Waals surface area (Å²) in [6, 6.07) is 3.92. The molecule has 5 heteroatoms. The van der Waals surface area contributed by atoms with E-state index in [1.165, 1.54) is 25.7 Å². The molecule has 2 heterocycles. The summed E-state index contributed by atoms with van der Waals surface area (Å²) in [5.74, 6) is 0.760. The summed E-state index contributed by atoms with van der Waals surface area (Å²) in [6.45, 7) is 2.57. The SMILES string of the molecule is Cc1nc(-c2cccnc2)sc1CNC(=O)CC1CCCC1. The zero-order valence-corrected chi connectivity index (χ0v) is 13.7. The number of carbonyl (C=O) groups is 1. The summed E-state index contributed by atoms with van der Waals surface area (Å²) in [4.78, 5) is 21.9. The quantitative estimate of drug-likeness (QED) is 0.915. The van der Waals surface area contributed by atoms with E-state index in [9.17, 15) is 4.79 Å². The number of nitrogens with one attached hydrogen (secondary N) is 1. The van der Waals surface area contributed by atoms with Gasteiger partial charge in [-0.25, -0.2) is 4.98 Å². The molecule has 2 aromatic heterocycles. The molecule has 116 valence electrons. The molecule has 3 rings (SSSR count). The average molecular weight is 315 g/mol. The number of carbonyl (C=O) groups excluding carboxylic acids is 1. The molecule has 4 nitrogen and oxygen atoms in total. The second-order valence-electron chi connectivity index (χ2n) is 5.90. The third kappa shape index (κ3) is 3.71. The van der Waals surface area contributed by atoms with Gasteiger partial charge in [0.2, 0.25) is 5.91 Å². The van der Waals surface area contributed by atoms with Crippen LogP contribution in [0.4, 0.5) is 0 Å². The lowest BCUT2D eigenvalue weighted by Crippen LogP contribution is -2.24. The van der Waals surface area contributed by atoms with E-state index in [0.29, 0.717) is 18.9 Å². The molecule has 0 spiro atoms. The first-order chi connectivity index (χ1) is 10.7. The van der Waals surface area contributed by atoms with E-state index in [0.717, 1.165) is 21.1 Å². The Morgan fingerprint density at radius 1 is 1.41 bits per heavy atom. The molecule has 0 atom stereocenters. The van der Waals surface area contributed by atoms with E-state index >= 15 is 0 Å². The molecule has 0 unspecified atom stereocenters. The monoisotopic (exact) mass is 315 g/mol. The Bertz CT molecular complexity index is 633. The van der Waals surface area contributed by atoms with Gasteiger partial charge in [0.15, 0.2) is 0 Å². The van der Waals surface area contributed by atoms with Crippen molar-refractivity contribution in [2.24, 2.45) is 5.92 Å². The maximum atomic E-state index is 12.0. The van der Waals surface area contributed by atoms with Crippen LogP contribution in [-0.2, 0) is 11.3 Å². The third-order valence-corrected chi connectivity index (χ3v) is 5.40. The Kier molecular flexibility index (Phi) is 4.83. The summed E-state index contributed by atoms with van der Waals surface area (Å²) in [7, 11) is 0. The summed E-state index contributed by atoms with van der Waals surface area (Å²) in [6.07, 6.45) is 9.22. The van der Waals surface area contributed by atoms with Crippen molar-refractivity contribution in [2.45, 2.75) is 45.6 Å². The number of hydrogen-bond acceptors (Lipinski definition) is 4. The molecule has 1 aliphatic carbocycles. The van der Waals surface area contributed by atoms with E-state index in [2.05, 4.69) is 15.3 Å². The van der Waals surface area contributed by atoms with E-state index in [1.807, 2.05) is 25.3 Å². The van der Waals surface area contributed by atoms with Crippen molar-refractivity contribution in [1.29, 1.82) is 0 Å². The predicted octanol–water partition coefficient (Wildman–Crippen LogP) is 3.71. The number of aromatic nitrogens is 2. The Hall–Kier alpha value is -1.75. The van der Waals surface area contributed by atoms with Crippen LogP contribution in [-0.4, -0.2) is 15.9 Å². The lowest BCUT2D eigenvalue weighted by Gasteiger charge is -2.08. The van der Waals surface area contributed by atoms with E-state index in [-0.39, 0.29) is 5.91 Å². The van der Waals surface area contributed by atoms with E-state index < -0.39 is 0 Å². The van der Waals surface area contributed by atoms with E-state index in [1.54, 1.807) is 17.5 Å². The minimum Gasteiger partial charge on any atom is -0.351 e. The molecule has 1 fully saturated rings. The van der Waals surface area contributed by atoms with Crippen LogP contribution in [0.25, 0.3) is 10.6 Å². The first kappa shape index (κ1) is 15.2. The highest BCUT2D eigenvalue weighted by molar-refractivity contribution is 7.15. The minimum absolute atomic E-state index is 0.169. The topological polar surface area (TPSA) is 54.9 Å². The highest BCUT2D eigenvalue weighted by atomic mass is 32.1. The van der Waals surface area contributed by atoms with Crippen LogP contribution in [0.5, 0.6) is 0 Å². The van der Waals surface area contributed by atoms with Gasteiger partial charge >= 0.3 is 0 Å². The van der Waals surface area contributed by atoms with Crippen molar-refractivity contribution >= 4 is 17.2 Å². The summed E-state index contributed by atoms with van der Waals surface area (Å²) < 4.78 is 0. The number of rotatable bonds is 5. The third-order valence-electron chi connectivity index (χ3n) is 4.20. The average Bonchev–Trinajstić information content (AvgIpc) is 3.16. The molecule has 1 saturated carbocycles. The van der Waals surface area contributed by atoms with Crippen molar-refractivity contribution in [3.8, 4) is 10.6 Å². The molecular weight excluding hydrogens is 294 g/mol. The van der Waals surface area contributed by atoms with Crippen LogP contribution < -0.4 is 5.32 Å². The maximum Gasteiger partial charge on any atom is 0.220 e. The van der Waals surface area contributed by atoms with Gasteiger partial charge in [0.25, 0.3) is 0 Å². The van der Waals surface area contributed by atoms with E-state index in [4.69, 9.17) is 0 Å². The molecule has 0 saturated heterocycles. The van der Waals surface area contributed by atoms with Gasteiger partial charge in [-0.15, -0.1) is 11.3 Å². The first-order valence-corrected chi connectivity index (χ1v) is 8.67. The van der Waals surface area contributed by atoms with Crippen LogP contribution in [0.2, 0.25) is 0 Å². The molecule has 1 amide bonds. The van der Waals surface area contributed by atoms with Gasteiger partial charge < -0.3 is 5.32 Å². The molecule has 0 bridgehead atoms. The second kappa shape index (κ2) is 7.01. The highest BCUT2D eigenvalue weighted by Gasteiger charge is 2.18. The fourth-order valence-corrected chi connectivity index (χ4v) is 3.92. The largest absolute Gasteiger partial charge is 0.351 e. The number of amides is 1. The van der Waals surface area contributed by atoms with Gasteiger partial charge in [-0.3, -0.25) is 9.78 Å². The molecule has 0 aliphatic heterocycles. The van der Waals surface area contributed by atoms with Crippen molar-refractivity contribution in [3.05, 3.63) is 35.1 Å². The van der Waals surface area contributed by atoms with Gasteiger partial charge in [-0.1, -0.05) is 12.8 Å². The first-order valence-electron chi connectivity index (χ1n) is 7.86. The maximum absolute atomic E-state index is 12.0. The summed E-state index contributed by atoms with van der Waals surface area (Å²) in [5.41, 5.74) is 2.02. The zero-order valence-electron chi connectivity index (χ0n) is 12.8. The van der Waals surface area contributed by atoms with Crippen molar-refractivity contribution in [3.63, 3.8) is 0 Å². The van der Waals surface area contributed by atoms with Crippen molar-refractivity contribution < 1.29 is 4.79 Å². The highest BCUT2D eigenvalue weighted by Crippen LogP contribution is 2.28. The molecular formula is C17H21N3OS. The van der Waals surface area contributed by atoms with Crippen LogP contribution in [0.3, 0.4) is 0 Å². The van der Waals surface area contributed by atoms with Gasteiger partial charge in [0, 0.05) is 29.3 Å². The molecule has 1 N–H and O–H groups in total. The Morgan fingerprint density at radius 3 is 2.95 bits per heavy atom. The van der Waals surface area contributed by atoms with Gasteiger partial charge in [0.1, 0.15) is 5.01 Å². The summed E-state index contributed by atoms with van der Waals surface area (Å²) in [5, 5.41) is 4.01. The van der Waals surface area contributed by atoms with Crippen LogP contribution in [0.15, 0.2) is 24.5 Å².